The van der Waals surface area contributed by atoms with E-state index in [2.05, 4.69) is 4.72 Å². The molecule has 0 atom stereocenters. The van der Waals surface area contributed by atoms with Crippen molar-refractivity contribution in [3.63, 3.8) is 0 Å². The van der Waals surface area contributed by atoms with Crippen molar-refractivity contribution in [1.82, 2.24) is 9.03 Å². The summed E-state index contributed by atoms with van der Waals surface area (Å²) in [4.78, 5) is 0. The number of hydrogen-bond donors (Lipinski definition) is 2. The summed E-state index contributed by atoms with van der Waals surface area (Å²) >= 11 is 0. The Bertz CT molecular complexity index is 288. The molecule has 92 valence electrons. The van der Waals surface area contributed by atoms with Gasteiger partial charge in [0.05, 0.1) is 0 Å². The number of hydrogen-bond acceptors (Lipinski definition) is 3. The van der Waals surface area contributed by atoms with Gasteiger partial charge in [0.2, 0.25) is 0 Å². The van der Waals surface area contributed by atoms with Gasteiger partial charge in [-0.05, 0) is 26.7 Å². The van der Waals surface area contributed by atoms with Gasteiger partial charge in [0.25, 0.3) is 10.2 Å². The van der Waals surface area contributed by atoms with Crippen molar-refractivity contribution in [3.05, 3.63) is 0 Å². The Morgan fingerprint density at radius 3 is 2.20 bits per heavy atom. The third-order valence-corrected chi connectivity index (χ3v) is 4.41. The monoisotopic (exact) mass is 257 g/mol. The first-order valence-electron chi connectivity index (χ1n) is 4.84. The maximum absolute atomic E-state index is 11.7. The molecular formula is C8H20ClN3O2S. The highest BCUT2D eigenvalue weighted by atomic mass is 35.5. The van der Waals surface area contributed by atoms with E-state index in [9.17, 15) is 8.42 Å². The van der Waals surface area contributed by atoms with Crippen LogP contribution in [0, 0.1) is 0 Å². The van der Waals surface area contributed by atoms with Gasteiger partial charge in [0.15, 0.2) is 0 Å². The van der Waals surface area contributed by atoms with Gasteiger partial charge < -0.3 is 5.73 Å². The summed E-state index contributed by atoms with van der Waals surface area (Å²) < 4.78 is 27.3. The Hall–Kier alpha value is 0.120. The minimum atomic E-state index is -3.32. The second-order valence-electron chi connectivity index (χ2n) is 4.16. The first-order valence-corrected chi connectivity index (χ1v) is 6.28. The van der Waals surface area contributed by atoms with E-state index in [4.69, 9.17) is 5.73 Å². The number of halogens is 1. The summed E-state index contributed by atoms with van der Waals surface area (Å²) in [6.45, 7) is 3.68. The van der Waals surface area contributed by atoms with Gasteiger partial charge in [-0.2, -0.15) is 17.4 Å². The van der Waals surface area contributed by atoms with E-state index in [0.717, 1.165) is 12.8 Å². The summed E-state index contributed by atoms with van der Waals surface area (Å²) in [5.41, 5.74) is 5.58. The molecule has 1 rings (SSSR count). The van der Waals surface area contributed by atoms with Gasteiger partial charge in [-0.3, -0.25) is 0 Å². The quantitative estimate of drug-likeness (QED) is 0.749. The van der Waals surface area contributed by atoms with Crippen LogP contribution in [0.1, 0.15) is 26.7 Å². The molecule has 5 nitrogen and oxygen atoms in total. The van der Waals surface area contributed by atoms with Crippen LogP contribution in [0.15, 0.2) is 0 Å². The number of rotatable bonds is 4. The fourth-order valence-corrected chi connectivity index (χ4v) is 2.66. The van der Waals surface area contributed by atoms with Crippen LogP contribution >= 0.6 is 12.4 Å². The van der Waals surface area contributed by atoms with Crippen LogP contribution in [0.25, 0.3) is 0 Å². The van der Waals surface area contributed by atoms with Crippen LogP contribution in [-0.4, -0.2) is 37.9 Å². The summed E-state index contributed by atoms with van der Waals surface area (Å²) in [5.74, 6) is 0. The molecule has 0 aromatic carbocycles. The highest BCUT2D eigenvalue weighted by molar-refractivity contribution is 7.87. The molecule has 0 unspecified atom stereocenters. The van der Waals surface area contributed by atoms with Crippen molar-refractivity contribution in [2.75, 3.05) is 7.05 Å². The predicted octanol–water partition coefficient (Wildman–Crippen LogP) is 0.0725. The van der Waals surface area contributed by atoms with Crippen molar-refractivity contribution in [2.45, 2.75) is 44.8 Å². The fourth-order valence-electron chi connectivity index (χ4n) is 1.33. The zero-order chi connectivity index (χ0) is 10.9. The fraction of sp³-hybridized carbons (Fsp3) is 1.00. The average Bonchev–Trinajstić information content (AvgIpc) is 1.99. The molecule has 1 aliphatic rings. The Balaban J connectivity index is 0.00000196. The molecular weight excluding hydrogens is 238 g/mol. The van der Waals surface area contributed by atoms with Crippen LogP contribution in [0.3, 0.4) is 0 Å². The predicted molar refractivity (Wildman–Crippen MR) is 63.2 cm³/mol. The number of nitrogens with two attached hydrogens (primary N) is 1. The third-order valence-electron chi connectivity index (χ3n) is 2.60. The minimum absolute atomic E-state index is 0. The summed E-state index contributed by atoms with van der Waals surface area (Å²) in [7, 11) is -1.74. The van der Waals surface area contributed by atoms with Gasteiger partial charge in [0, 0.05) is 25.2 Å². The summed E-state index contributed by atoms with van der Waals surface area (Å²) in [5, 5.41) is 0. The van der Waals surface area contributed by atoms with Crippen molar-refractivity contribution < 1.29 is 8.42 Å². The maximum Gasteiger partial charge on any atom is 0.279 e. The molecule has 0 spiro atoms. The zero-order valence-corrected chi connectivity index (χ0v) is 10.9. The van der Waals surface area contributed by atoms with Crippen molar-refractivity contribution >= 4 is 22.6 Å². The van der Waals surface area contributed by atoms with Crippen LogP contribution < -0.4 is 10.5 Å². The van der Waals surface area contributed by atoms with Gasteiger partial charge in [-0.15, -0.1) is 12.4 Å². The molecule has 15 heavy (non-hydrogen) atoms. The average molecular weight is 258 g/mol. The summed E-state index contributed by atoms with van der Waals surface area (Å²) in [6.07, 6.45) is 1.48. The lowest BCUT2D eigenvalue weighted by atomic mass is 9.89. The van der Waals surface area contributed by atoms with E-state index in [1.54, 1.807) is 7.05 Å². The first kappa shape index (κ1) is 15.1. The first-order chi connectivity index (χ1) is 6.33. The second kappa shape index (κ2) is 5.45. The number of nitrogens with zero attached hydrogens (tertiary/aromatic N) is 1. The second-order valence-corrected chi connectivity index (χ2v) is 5.92. The smallest absolute Gasteiger partial charge is 0.279 e. The van der Waals surface area contributed by atoms with E-state index in [1.807, 2.05) is 13.8 Å². The third kappa shape index (κ3) is 3.88. The lowest BCUT2D eigenvalue weighted by molar-refractivity contribution is 0.313. The van der Waals surface area contributed by atoms with E-state index in [1.165, 1.54) is 4.31 Å². The molecule has 1 aliphatic carbocycles. The van der Waals surface area contributed by atoms with Crippen LogP contribution in [-0.2, 0) is 10.2 Å². The minimum Gasteiger partial charge on any atom is -0.328 e. The molecule has 0 saturated heterocycles. The van der Waals surface area contributed by atoms with Crippen molar-refractivity contribution in [1.29, 1.82) is 0 Å². The Kier molecular flexibility index (Phi) is 5.49. The highest BCUT2D eigenvalue weighted by Crippen LogP contribution is 2.19. The Labute approximate surface area is 98.0 Å². The van der Waals surface area contributed by atoms with Crippen LogP contribution in [0.2, 0.25) is 0 Å². The molecule has 1 fully saturated rings. The molecule has 0 amide bonds. The van der Waals surface area contributed by atoms with E-state index in [0.29, 0.717) is 0 Å². The molecule has 1 saturated carbocycles. The van der Waals surface area contributed by atoms with Gasteiger partial charge in [-0.1, -0.05) is 0 Å². The largest absolute Gasteiger partial charge is 0.328 e. The topological polar surface area (TPSA) is 75.4 Å². The highest BCUT2D eigenvalue weighted by Gasteiger charge is 2.31. The van der Waals surface area contributed by atoms with Gasteiger partial charge in [-0.25, -0.2) is 0 Å². The molecule has 0 bridgehead atoms. The Morgan fingerprint density at radius 1 is 1.40 bits per heavy atom. The lowest BCUT2D eigenvalue weighted by Crippen LogP contribution is -2.54. The lowest BCUT2D eigenvalue weighted by Gasteiger charge is -2.34. The molecule has 0 heterocycles. The van der Waals surface area contributed by atoms with Crippen molar-refractivity contribution in [2.24, 2.45) is 5.73 Å². The van der Waals surface area contributed by atoms with E-state index in [-0.39, 0.29) is 30.5 Å². The molecule has 3 N–H and O–H groups in total. The van der Waals surface area contributed by atoms with Crippen LogP contribution in [0.4, 0.5) is 0 Å². The normalized spacial score (nSPS) is 26.3. The van der Waals surface area contributed by atoms with Crippen molar-refractivity contribution in [3.8, 4) is 0 Å². The molecule has 0 aromatic heterocycles. The molecule has 7 heteroatoms. The van der Waals surface area contributed by atoms with Gasteiger partial charge in [0.1, 0.15) is 0 Å². The molecule has 0 radical (unpaired) electrons. The zero-order valence-electron chi connectivity index (χ0n) is 9.30. The number of nitrogens with one attached hydrogen (secondary N) is 1. The van der Waals surface area contributed by atoms with E-state index < -0.39 is 10.2 Å². The summed E-state index contributed by atoms with van der Waals surface area (Å²) in [6, 6.07) is 0.157. The maximum atomic E-state index is 11.7. The molecule has 0 aromatic rings. The van der Waals surface area contributed by atoms with Gasteiger partial charge >= 0.3 is 0 Å². The van der Waals surface area contributed by atoms with Crippen LogP contribution in [0.5, 0.6) is 0 Å². The molecule has 0 aliphatic heterocycles. The SMILES string of the molecule is CC(C)N(C)S(=O)(=O)NC1CC(N)C1.Cl. The Morgan fingerprint density at radius 2 is 1.87 bits per heavy atom. The standard InChI is InChI=1S/C8H19N3O2S.ClH/c1-6(2)11(3)14(12,13)10-8-4-7(9)5-8;/h6-8,10H,4-5,9H2,1-3H3;1H. The van der Waals surface area contributed by atoms with E-state index >= 15 is 0 Å².